The summed E-state index contributed by atoms with van der Waals surface area (Å²) in [5, 5.41) is 0. The Bertz CT molecular complexity index is 334. The second-order valence-electron chi connectivity index (χ2n) is 8.16. The molecule has 1 aliphatic rings. The highest BCUT2D eigenvalue weighted by molar-refractivity contribution is 5.78. The summed E-state index contributed by atoms with van der Waals surface area (Å²) in [6.45, 7) is 15.0. The molecule has 0 radical (unpaired) electrons. The van der Waals surface area contributed by atoms with Crippen LogP contribution in [-0.2, 0) is 9.53 Å². The Morgan fingerprint density at radius 1 is 1.15 bits per heavy atom. The fraction of sp³-hybridized carbons (Fsp3) is 0.944. The van der Waals surface area contributed by atoms with Crippen LogP contribution in [0, 0.1) is 16.7 Å². The van der Waals surface area contributed by atoms with E-state index in [4.69, 9.17) is 4.74 Å². The van der Waals surface area contributed by atoms with E-state index >= 15 is 0 Å². The first kappa shape index (κ1) is 17.5. The molecule has 2 atom stereocenters. The van der Waals surface area contributed by atoms with E-state index in [1.807, 2.05) is 0 Å². The predicted octanol–water partition coefficient (Wildman–Crippen LogP) is 5.35. The maximum atomic E-state index is 13.0. The molecule has 0 aliphatic heterocycles. The molecule has 2 heteroatoms. The fourth-order valence-corrected chi connectivity index (χ4v) is 3.39. The van der Waals surface area contributed by atoms with E-state index in [1.54, 1.807) is 0 Å². The highest BCUT2D eigenvalue weighted by atomic mass is 16.6. The Labute approximate surface area is 125 Å². The summed E-state index contributed by atoms with van der Waals surface area (Å²) in [7, 11) is 0. The lowest BCUT2D eigenvalue weighted by Gasteiger charge is -2.46. The average molecular weight is 282 g/mol. The monoisotopic (exact) mass is 282 g/mol. The van der Waals surface area contributed by atoms with E-state index in [1.165, 1.54) is 19.3 Å². The van der Waals surface area contributed by atoms with E-state index in [0.717, 1.165) is 19.3 Å². The van der Waals surface area contributed by atoms with Crippen molar-refractivity contribution in [3.05, 3.63) is 0 Å². The normalized spacial score (nSPS) is 23.8. The van der Waals surface area contributed by atoms with Crippen molar-refractivity contribution in [2.24, 2.45) is 16.7 Å². The minimum absolute atomic E-state index is 0.00347. The predicted molar refractivity (Wildman–Crippen MR) is 84.6 cm³/mol. The molecule has 0 amide bonds. The molecule has 0 aromatic heterocycles. The van der Waals surface area contributed by atoms with Crippen molar-refractivity contribution in [3.63, 3.8) is 0 Å². The summed E-state index contributed by atoms with van der Waals surface area (Å²) < 4.78 is 6.05. The third-order valence-corrected chi connectivity index (χ3v) is 5.83. The van der Waals surface area contributed by atoms with Crippen LogP contribution in [0.1, 0.15) is 87.0 Å². The lowest BCUT2D eigenvalue weighted by molar-refractivity contribution is -0.184. The van der Waals surface area contributed by atoms with Gasteiger partial charge in [0.25, 0.3) is 0 Å². The zero-order valence-electron chi connectivity index (χ0n) is 14.6. The van der Waals surface area contributed by atoms with Crippen molar-refractivity contribution in [2.75, 3.05) is 0 Å². The minimum atomic E-state index is -0.428. The maximum absolute atomic E-state index is 13.0. The molecule has 2 unspecified atom stereocenters. The first-order chi connectivity index (χ1) is 9.07. The Morgan fingerprint density at radius 2 is 1.65 bits per heavy atom. The summed E-state index contributed by atoms with van der Waals surface area (Å²) in [5.74, 6) is 0.325. The van der Waals surface area contributed by atoms with Gasteiger partial charge in [0.05, 0.1) is 5.41 Å². The maximum Gasteiger partial charge on any atom is 0.313 e. The number of carbonyl (C=O) groups excluding carboxylic acids is 1. The molecule has 0 heterocycles. The number of ether oxygens (including phenoxy) is 1. The van der Waals surface area contributed by atoms with Crippen molar-refractivity contribution in [1.82, 2.24) is 0 Å². The van der Waals surface area contributed by atoms with Gasteiger partial charge in [0.2, 0.25) is 0 Å². The molecule has 20 heavy (non-hydrogen) atoms. The Balaban J connectivity index is 2.95. The third-order valence-electron chi connectivity index (χ3n) is 5.83. The summed E-state index contributed by atoms with van der Waals surface area (Å²) in [6.07, 6.45) is 6.66. The standard InChI is InChI=1S/C18H34O2/c1-8-14(2)18(7,16(3,4)5)15(19)20-17(6)12-10-9-11-13-17/h14H,8-13H2,1-7H3. The molecule has 0 aromatic carbocycles. The number of carbonyl (C=O) groups is 1. The van der Waals surface area contributed by atoms with E-state index in [-0.39, 0.29) is 17.0 Å². The quantitative estimate of drug-likeness (QED) is 0.650. The number of rotatable bonds is 4. The molecule has 1 rings (SSSR count). The number of esters is 1. The van der Waals surface area contributed by atoms with Gasteiger partial charge in [0.1, 0.15) is 5.60 Å². The van der Waals surface area contributed by atoms with Gasteiger partial charge in [-0.1, -0.05) is 47.5 Å². The topological polar surface area (TPSA) is 26.3 Å². The smallest absolute Gasteiger partial charge is 0.313 e. The first-order valence-corrected chi connectivity index (χ1v) is 8.30. The van der Waals surface area contributed by atoms with Crippen LogP contribution in [0.2, 0.25) is 0 Å². The molecule has 0 spiro atoms. The van der Waals surface area contributed by atoms with Gasteiger partial charge >= 0.3 is 5.97 Å². The minimum Gasteiger partial charge on any atom is -0.459 e. The third kappa shape index (κ3) is 3.38. The van der Waals surface area contributed by atoms with Crippen LogP contribution >= 0.6 is 0 Å². The lowest BCUT2D eigenvalue weighted by Crippen LogP contribution is -2.49. The van der Waals surface area contributed by atoms with Crippen molar-refractivity contribution in [1.29, 1.82) is 0 Å². The molecular formula is C18H34O2. The highest BCUT2D eigenvalue weighted by Crippen LogP contribution is 2.48. The summed E-state index contributed by atoms with van der Waals surface area (Å²) in [5.41, 5.74) is -0.762. The summed E-state index contributed by atoms with van der Waals surface area (Å²) >= 11 is 0. The van der Waals surface area contributed by atoms with Gasteiger partial charge in [-0.25, -0.2) is 0 Å². The molecule has 118 valence electrons. The van der Waals surface area contributed by atoms with Gasteiger partial charge in [-0.2, -0.15) is 0 Å². The van der Waals surface area contributed by atoms with Crippen LogP contribution < -0.4 is 0 Å². The van der Waals surface area contributed by atoms with Gasteiger partial charge < -0.3 is 4.74 Å². The van der Waals surface area contributed by atoms with Gasteiger partial charge in [-0.15, -0.1) is 0 Å². The zero-order chi connectivity index (χ0) is 15.6. The summed E-state index contributed by atoms with van der Waals surface area (Å²) in [6, 6.07) is 0. The van der Waals surface area contributed by atoms with Crippen LogP contribution in [-0.4, -0.2) is 11.6 Å². The fourth-order valence-electron chi connectivity index (χ4n) is 3.39. The second-order valence-corrected chi connectivity index (χ2v) is 8.16. The molecule has 0 N–H and O–H groups in total. The average Bonchev–Trinajstić information content (AvgIpc) is 2.35. The van der Waals surface area contributed by atoms with E-state index in [9.17, 15) is 4.79 Å². The Kier molecular flexibility index (Phi) is 5.32. The number of hydrogen-bond donors (Lipinski definition) is 0. The SMILES string of the molecule is CCC(C)C(C)(C(=O)OC1(C)CCCCC1)C(C)(C)C. The molecule has 2 nitrogen and oxygen atoms in total. The van der Waals surface area contributed by atoms with Crippen molar-refractivity contribution >= 4 is 5.97 Å². The van der Waals surface area contributed by atoms with Crippen LogP contribution in [0.25, 0.3) is 0 Å². The molecule has 0 aromatic rings. The molecule has 1 saturated carbocycles. The van der Waals surface area contributed by atoms with E-state index in [2.05, 4.69) is 48.5 Å². The van der Waals surface area contributed by atoms with Gasteiger partial charge in [-0.05, 0) is 50.9 Å². The van der Waals surface area contributed by atoms with E-state index in [0.29, 0.717) is 5.92 Å². The number of hydrogen-bond acceptors (Lipinski definition) is 2. The zero-order valence-corrected chi connectivity index (χ0v) is 14.6. The Hall–Kier alpha value is -0.530. The van der Waals surface area contributed by atoms with E-state index < -0.39 is 5.41 Å². The summed E-state index contributed by atoms with van der Waals surface area (Å²) in [4.78, 5) is 13.0. The van der Waals surface area contributed by atoms with Crippen molar-refractivity contribution in [2.45, 2.75) is 92.6 Å². The molecule has 1 aliphatic carbocycles. The van der Waals surface area contributed by atoms with Crippen LogP contribution in [0.4, 0.5) is 0 Å². The van der Waals surface area contributed by atoms with Crippen LogP contribution in [0.5, 0.6) is 0 Å². The Morgan fingerprint density at radius 3 is 2.05 bits per heavy atom. The van der Waals surface area contributed by atoms with Crippen LogP contribution in [0.15, 0.2) is 0 Å². The van der Waals surface area contributed by atoms with Crippen molar-refractivity contribution < 1.29 is 9.53 Å². The largest absolute Gasteiger partial charge is 0.459 e. The molecular weight excluding hydrogens is 248 g/mol. The molecule has 1 fully saturated rings. The molecule has 0 saturated heterocycles. The van der Waals surface area contributed by atoms with Gasteiger partial charge in [0.15, 0.2) is 0 Å². The van der Waals surface area contributed by atoms with Gasteiger partial charge in [0, 0.05) is 0 Å². The second kappa shape index (κ2) is 6.07. The lowest BCUT2D eigenvalue weighted by atomic mass is 9.60. The van der Waals surface area contributed by atoms with Crippen molar-refractivity contribution in [3.8, 4) is 0 Å². The highest BCUT2D eigenvalue weighted by Gasteiger charge is 2.50. The van der Waals surface area contributed by atoms with Crippen LogP contribution in [0.3, 0.4) is 0 Å². The van der Waals surface area contributed by atoms with Gasteiger partial charge in [-0.3, -0.25) is 4.79 Å². The molecule has 0 bridgehead atoms. The first-order valence-electron chi connectivity index (χ1n) is 8.30.